The van der Waals surface area contributed by atoms with Crippen molar-refractivity contribution in [3.8, 4) is 0 Å². The first-order chi connectivity index (χ1) is 13.6. The van der Waals surface area contributed by atoms with E-state index in [0.29, 0.717) is 17.6 Å². The minimum absolute atomic E-state index is 0.0877. The number of carbonyl (C=O) groups is 3. The monoisotopic (exact) mass is 421 g/mol. The van der Waals surface area contributed by atoms with Crippen LogP contribution in [0.15, 0.2) is 6.20 Å². The number of carbonyl (C=O) groups excluding carboxylic acids is 3. The van der Waals surface area contributed by atoms with Crippen molar-refractivity contribution in [2.75, 3.05) is 18.7 Å². The van der Waals surface area contributed by atoms with Gasteiger partial charge in [0.15, 0.2) is 5.69 Å². The van der Waals surface area contributed by atoms with E-state index in [1.54, 1.807) is 0 Å². The third kappa shape index (κ3) is 6.64. The molecule has 10 nitrogen and oxygen atoms in total. The average molecular weight is 421 g/mol. The number of esters is 1. The van der Waals surface area contributed by atoms with Crippen LogP contribution < -0.4 is 10.9 Å². The highest BCUT2D eigenvalue weighted by atomic mass is 19.4. The molecule has 0 aliphatic carbocycles. The van der Waals surface area contributed by atoms with Gasteiger partial charge in [-0.2, -0.15) is 13.2 Å². The van der Waals surface area contributed by atoms with Crippen LogP contribution in [-0.2, 0) is 20.5 Å². The number of nitrogens with zero attached hydrogens (tertiary/aromatic N) is 4. The summed E-state index contributed by atoms with van der Waals surface area (Å²) in [6.45, 7) is 1.51. The average Bonchev–Trinajstić information content (AvgIpc) is 2.70. The number of anilines is 1. The lowest BCUT2D eigenvalue weighted by Crippen LogP contribution is -2.46. The smallest absolute Gasteiger partial charge is 0.434 e. The van der Waals surface area contributed by atoms with Crippen molar-refractivity contribution in [1.29, 1.82) is 0 Å². The summed E-state index contributed by atoms with van der Waals surface area (Å²) in [5.41, 5.74) is -2.55. The molecule has 1 heterocycles. The standard InChI is InChI=1S/C16H22F3N5O5/c1-3-4-5-6-10(8-23(28)9-25)13(26)24(20)15-21-7-11(14(27)29-2)12(22-15)16(17,18)19/h7,9-10,28H,3-6,8,20H2,1-2H3/t10-/m1/s1. The molecule has 29 heavy (non-hydrogen) atoms. The summed E-state index contributed by atoms with van der Waals surface area (Å²) >= 11 is 0. The number of alkyl halides is 3. The van der Waals surface area contributed by atoms with E-state index in [4.69, 9.17) is 5.84 Å². The van der Waals surface area contributed by atoms with Gasteiger partial charge in [0.1, 0.15) is 5.56 Å². The predicted octanol–water partition coefficient (Wildman–Crippen LogP) is 1.53. The molecule has 0 aromatic carbocycles. The molecule has 0 radical (unpaired) electrons. The summed E-state index contributed by atoms with van der Waals surface area (Å²) in [6.07, 6.45) is -2.03. The van der Waals surface area contributed by atoms with Gasteiger partial charge >= 0.3 is 12.1 Å². The summed E-state index contributed by atoms with van der Waals surface area (Å²) in [4.78, 5) is 41.5. The summed E-state index contributed by atoms with van der Waals surface area (Å²) in [7, 11) is 0.893. The van der Waals surface area contributed by atoms with Crippen LogP contribution in [0.3, 0.4) is 0 Å². The molecule has 0 saturated heterocycles. The van der Waals surface area contributed by atoms with Crippen molar-refractivity contribution in [3.63, 3.8) is 0 Å². The fraction of sp³-hybridized carbons (Fsp3) is 0.562. The molecule has 1 rings (SSSR count). The van der Waals surface area contributed by atoms with E-state index in [9.17, 15) is 32.8 Å². The van der Waals surface area contributed by atoms with Crippen molar-refractivity contribution in [2.45, 2.75) is 38.8 Å². The molecular formula is C16H22F3N5O5. The molecule has 2 amide bonds. The van der Waals surface area contributed by atoms with Gasteiger partial charge in [-0.15, -0.1) is 0 Å². The maximum Gasteiger partial charge on any atom is 0.434 e. The maximum atomic E-state index is 13.3. The zero-order valence-electron chi connectivity index (χ0n) is 15.8. The first-order valence-corrected chi connectivity index (χ1v) is 8.58. The second kappa shape index (κ2) is 10.7. The number of amides is 2. The fourth-order valence-electron chi connectivity index (χ4n) is 2.46. The van der Waals surface area contributed by atoms with Crippen molar-refractivity contribution >= 4 is 24.2 Å². The van der Waals surface area contributed by atoms with Crippen molar-refractivity contribution in [2.24, 2.45) is 11.8 Å². The number of hydrogen-bond donors (Lipinski definition) is 2. The number of aromatic nitrogens is 2. The van der Waals surface area contributed by atoms with Crippen molar-refractivity contribution in [3.05, 3.63) is 17.5 Å². The molecule has 0 unspecified atom stereocenters. The minimum atomic E-state index is -5.04. The van der Waals surface area contributed by atoms with E-state index >= 15 is 0 Å². The van der Waals surface area contributed by atoms with Crippen molar-refractivity contribution in [1.82, 2.24) is 15.0 Å². The van der Waals surface area contributed by atoms with Crippen LogP contribution in [0.2, 0.25) is 0 Å². The molecule has 1 atom stereocenters. The van der Waals surface area contributed by atoms with Gasteiger partial charge in [-0.3, -0.25) is 14.8 Å². The van der Waals surface area contributed by atoms with E-state index in [-0.39, 0.29) is 17.9 Å². The first kappa shape index (κ1) is 24.2. The SMILES string of the molecule is CCCCC[C@H](CN(O)C=O)C(=O)N(N)c1ncc(C(=O)OC)c(C(F)(F)F)n1. The van der Waals surface area contributed by atoms with Crippen LogP contribution >= 0.6 is 0 Å². The van der Waals surface area contributed by atoms with Gasteiger partial charge in [0.2, 0.25) is 18.3 Å². The Kier molecular flexibility index (Phi) is 8.91. The summed E-state index contributed by atoms with van der Waals surface area (Å²) in [5, 5.41) is 9.92. The molecule has 0 saturated carbocycles. The Balaban J connectivity index is 3.21. The lowest BCUT2D eigenvalue weighted by Gasteiger charge is -2.24. The Morgan fingerprint density at radius 2 is 2.03 bits per heavy atom. The zero-order valence-corrected chi connectivity index (χ0v) is 15.8. The molecule has 1 aromatic rings. The number of ether oxygens (including phenoxy) is 1. The topological polar surface area (TPSA) is 139 Å². The second-order valence-corrected chi connectivity index (χ2v) is 6.05. The summed E-state index contributed by atoms with van der Waals surface area (Å²) in [5.74, 6) is 1.61. The highest BCUT2D eigenvalue weighted by Crippen LogP contribution is 2.31. The number of nitrogens with two attached hydrogens (primary N) is 1. The molecule has 0 bridgehead atoms. The van der Waals surface area contributed by atoms with E-state index in [1.807, 2.05) is 6.92 Å². The highest BCUT2D eigenvalue weighted by molar-refractivity contribution is 5.93. The van der Waals surface area contributed by atoms with Crippen LogP contribution in [0.25, 0.3) is 0 Å². The number of halogens is 3. The van der Waals surface area contributed by atoms with E-state index in [2.05, 4.69) is 14.7 Å². The molecule has 13 heteroatoms. The van der Waals surface area contributed by atoms with Gasteiger partial charge in [-0.25, -0.2) is 30.7 Å². The molecule has 162 valence electrons. The van der Waals surface area contributed by atoms with Gasteiger partial charge in [-0.05, 0) is 6.42 Å². The van der Waals surface area contributed by atoms with Crippen LogP contribution in [0, 0.1) is 5.92 Å². The first-order valence-electron chi connectivity index (χ1n) is 8.58. The van der Waals surface area contributed by atoms with Gasteiger partial charge in [0.05, 0.1) is 19.6 Å². The Labute approximate surface area is 164 Å². The number of hydrazine groups is 1. The second-order valence-electron chi connectivity index (χ2n) is 6.05. The van der Waals surface area contributed by atoms with Gasteiger partial charge < -0.3 is 4.74 Å². The lowest BCUT2D eigenvalue weighted by atomic mass is 10.00. The summed E-state index contributed by atoms with van der Waals surface area (Å²) < 4.78 is 44.0. The quantitative estimate of drug-likeness (QED) is 0.110. The largest absolute Gasteiger partial charge is 0.465 e. The number of hydrogen-bond acceptors (Lipinski definition) is 8. The number of unbranched alkanes of at least 4 members (excludes halogenated alkanes) is 2. The third-order valence-corrected chi connectivity index (χ3v) is 3.94. The number of hydroxylamine groups is 2. The van der Waals surface area contributed by atoms with Gasteiger partial charge in [0.25, 0.3) is 0 Å². The van der Waals surface area contributed by atoms with Crippen LogP contribution in [0.1, 0.15) is 48.7 Å². The Hall–Kier alpha value is -2.80. The van der Waals surface area contributed by atoms with Crippen LogP contribution in [0.4, 0.5) is 19.1 Å². The normalized spacial score (nSPS) is 12.2. The maximum absolute atomic E-state index is 13.3. The predicted molar refractivity (Wildman–Crippen MR) is 92.2 cm³/mol. The lowest BCUT2D eigenvalue weighted by molar-refractivity contribution is -0.154. The van der Waals surface area contributed by atoms with Crippen LogP contribution in [-0.4, -0.2) is 52.2 Å². The highest BCUT2D eigenvalue weighted by Gasteiger charge is 2.39. The van der Waals surface area contributed by atoms with Crippen LogP contribution in [0.5, 0.6) is 0 Å². The molecule has 0 fully saturated rings. The van der Waals surface area contributed by atoms with Gasteiger partial charge in [0, 0.05) is 6.20 Å². The molecule has 1 aromatic heterocycles. The molecule has 0 aliphatic rings. The molecule has 3 N–H and O–H groups in total. The molecular weight excluding hydrogens is 399 g/mol. The van der Waals surface area contributed by atoms with Crippen molar-refractivity contribution < 1.29 is 37.5 Å². The van der Waals surface area contributed by atoms with E-state index in [1.165, 1.54) is 0 Å². The third-order valence-electron chi connectivity index (χ3n) is 3.94. The number of rotatable bonds is 10. The Morgan fingerprint density at radius 1 is 1.38 bits per heavy atom. The van der Waals surface area contributed by atoms with E-state index in [0.717, 1.165) is 20.0 Å². The fourth-order valence-corrected chi connectivity index (χ4v) is 2.46. The summed E-state index contributed by atoms with van der Waals surface area (Å²) in [6, 6.07) is 0. The Bertz CT molecular complexity index is 731. The minimum Gasteiger partial charge on any atom is -0.465 e. The number of methoxy groups -OCH3 is 1. The Morgan fingerprint density at radius 3 is 2.55 bits per heavy atom. The molecule has 0 spiro atoms. The molecule has 0 aliphatic heterocycles. The van der Waals surface area contributed by atoms with Gasteiger partial charge in [-0.1, -0.05) is 26.2 Å². The zero-order chi connectivity index (χ0) is 22.2. The van der Waals surface area contributed by atoms with E-state index < -0.39 is 47.7 Å².